The van der Waals surface area contributed by atoms with Crippen LogP contribution >= 0.6 is 23.2 Å². The summed E-state index contributed by atoms with van der Waals surface area (Å²) in [4.78, 5) is 14.6. The summed E-state index contributed by atoms with van der Waals surface area (Å²) in [5, 5.41) is 1.10. The normalized spacial score (nSPS) is 17.6. The summed E-state index contributed by atoms with van der Waals surface area (Å²) in [6.07, 6.45) is -0.256. The van der Waals surface area contributed by atoms with Gasteiger partial charge in [-0.25, -0.2) is 0 Å². The van der Waals surface area contributed by atoms with E-state index in [1.54, 1.807) is 30.2 Å². The molecule has 1 amide bonds. The van der Waals surface area contributed by atoms with Crippen molar-refractivity contribution >= 4 is 29.1 Å². The topological polar surface area (TPSA) is 38.8 Å². The number of hydrogen-bond acceptors (Lipinski definition) is 3. The van der Waals surface area contributed by atoms with Crippen molar-refractivity contribution in [1.82, 2.24) is 4.90 Å². The molecule has 0 radical (unpaired) electrons. The van der Waals surface area contributed by atoms with E-state index in [9.17, 15) is 4.79 Å². The van der Waals surface area contributed by atoms with Crippen LogP contribution in [0, 0.1) is 0 Å². The quantitative estimate of drug-likeness (QED) is 0.817. The second-order valence-corrected chi connectivity index (χ2v) is 6.39. The monoisotopic (exact) mass is 365 g/mol. The lowest BCUT2D eigenvalue weighted by Crippen LogP contribution is -2.42. The van der Waals surface area contributed by atoms with Gasteiger partial charge in [0.2, 0.25) is 0 Å². The van der Waals surface area contributed by atoms with Crippen molar-refractivity contribution in [2.24, 2.45) is 0 Å². The van der Waals surface area contributed by atoms with Crippen molar-refractivity contribution in [3.8, 4) is 5.75 Å². The van der Waals surface area contributed by atoms with Crippen LogP contribution in [0.2, 0.25) is 10.0 Å². The van der Waals surface area contributed by atoms with Crippen molar-refractivity contribution in [1.29, 1.82) is 0 Å². The molecule has 2 aromatic rings. The molecule has 0 N–H and O–H groups in total. The molecule has 0 aromatic heterocycles. The molecule has 1 heterocycles. The maximum atomic E-state index is 12.8. The van der Waals surface area contributed by atoms with E-state index in [1.165, 1.54) is 0 Å². The number of carbonyl (C=O) groups is 1. The van der Waals surface area contributed by atoms with Gasteiger partial charge in [0.15, 0.2) is 0 Å². The molecule has 0 bridgehead atoms. The molecule has 3 rings (SSSR count). The van der Waals surface area contributed by atoms with Crippen LogP contribution in [0.25, 0.3) is 0 Å². The van der Waals surface area contributed by atoms with Crippen molar-refractivity contribution in [3.63, 3.8) is 0 Å². The van der Waals surface area contributed by atoms with Gasteiger partial charge in [-0.15, -0.1) is 0 Å². The molecule has 6 heteroatoms. The van der Waals surface area contributed by atoms with Gasteiger partial charge in [-0.2, -0.15) is 0 Å². The molecule has 126 valence electrons. The molecule has 1 atom stereocenters. The number of para-hydroxylation sites is 1. The SMILES string of the molecule is COc1ccccc1C(=O)N1CCOC(c2cc(Cl)cc(Cl)c2)C1. The first-order chi connectivity index (χ1) is 11.6. The van der Waals surface area contributed by atoms with Crippen LogP contribution < -0.4 is 4.74 Å². The van der Waals surface area contributed by atoms with Gasteiger partial charge < -0.3 is 14.4 Å². The maximum absolute atomic E-state index is 12.8. The van der Waals surface area contributed by atoms with Crippen molar-refractivity contribution < 1.29 is 14.3 Å². The molecule has 0 spiro atoms. The fraction of sp³-hybridized carbons (Fsp3) is 0.278. The van der Waals surface area contributed by atoms with E-state index in [-0.39, 0.29) is 12.0 Å². The van der Waals surface area contributed by atoms with Crippen LogP contribution in [-0.2, 0) is 4.74 Å². The number of methoxy groups -OCH3 is 1. The number of nitrogens with zero attached hydrogens (tertiary/aromatic N) is 1. The minimum absolute atomic E-state index is 0.0751. The molecule has 4 nitrogen and oxygen atoms in total. The highest BCUT2D eigenvalue weighted by Gasteiger charge is 2.27. The number of benzene rings is 2. The first-order valence-electron chi connectivity index (χ1n) is 7.58. The first-order valence-corrected chi connectivity index (χ1v) is 8.34. The molecule has 1 aliphatic heterocycles. The zero-order chi connectivity index (χ0) is 17.1. The van der Waals surface area contributed by atoms with Gasteiger partial charge in [0.05, 0.1) is 25.8 Å². The lowest BCUT2D eigenvalue weighted by Gasteiger charge is -2.33. The predicted molar refractivity (Wildman–Crippen MR) is 94.1 cm³/mol. The lowest BCUT2D eigenvalue weighted by atomic mass is 10.1. The molecule has 1 fully saturated rings. The number of morpholine rings is 1. The average Bonchev–Trinajstić information content (AvgIpc) is 2.60. The van der Waals surface area contributed by atoms with Gasteiger partial charge in [0.1, 0.15) is 11.9 Å². The third kappa shape index (κ3) is 3.66. The van der Waals surface area contributed by atoms with Crippen molar-refractivity contribution in [3.05, 3.63) is 63.6 Å². The van der Waals surface area contributed by atoms with Gasteiger partial charge in [-0.05, 0) is 35.9 Å². The number of rotatable bonds is 3. The summed E-state index contributed by atoms with van der Waals surface area (Å²) >= 11 is 12.1. The molecule has 24 heavy (non-hydrogen) atoms. The molecule has 0 saturated carbocycles. The average molecular weight is 366 g/mol. The number of amides is 1. The summed E-state index contributed by atoms with van der Waals surface area (Å²) in [5.41, 5.74) is 1.41. The Morgan fingerprint density at radius 1 is 1.21 bits per heavy atom. The summed E-state index contributed by atoms with van der Waals surface area (Å²) in [6.45, 7) is 1.42. The van der Waals surface area contributed by atoms with Crippen LogP contribution in [-0.4, -0.2) is 37.6 Å². The smallest absolute Gasteiger partial charge is 0.257 e. The largest absolute Gasteiger partial charge is 0.496 e. The van der Waals surface area contributed by atoms with Crippen LogP contribution in [0.4, 0.5) is 0 Å². The maximum Gasteiger partial charge on any atom is 0.257 e. The van der Waals surface area contributed by atoms with Gasteiger partial charge in [-0.1, -0.05) is 35.3 Å². The van der Waals surface area contributed by atoms with Crippen LogP contribution in [0.3, 0.4) is 0 Å². The second kappa shape index (κ2) is 7.43. The molecule has 2 aromatic carbocycles. The molecule has 1 saturated heterocycles. The zero-order valence-corrected chi connectivity index (χ0v) is 14.7. The fourth-order valence-corrected chi connectivity index (χ4v) is 3.33. The van der Waals surface area contributed by atoms with Gasteiger partial charge in [-0.3, -0.25) is 4.79 Å². The first kappa shape index (κ1) is 17.1. The highest BCUT2D eigenvalue weighted by Crippen LogP contribution is 2.29. The van der Waals surface area contributed by atoms with Gasteiger partial charge in [0.25, 0.3) is 5.91 Å². The Kier molecular flexibility index (Phi) is 5.29. The van der Waals surface area contributed by atoms with E-state index in [2.05, 4.69) is 0 Å². The highest BCUT2D eigenvalue weighted by molar-refractivity contribution is 6.34. The number of ether oxygens (including phenoxy) is 2. The summed E-state index contributed by atoms with van der Waals surface area (Å²) in [7, 11) is 1.56. The number of halogens is 2. The number of hydrogen-bond donors (Lipinski definition) is 0. The molecule has 1 aliphatic rings. The zero-order valence-electron chi connectivity index (χ0n) is 13.2. The molecule has 1 unspecified atom stereocenters. The Labute approximate surface area is 150 Å². The minimum Gasteiger partial charge on any atom is -0.496 e. The summed E-state index contributed by atoms with van der Waals surface area (Å²) in [5.74, 6) is 0.491. The number of carbonyl (C=O) groups excluding carboxylic acids is 1. The Morgan fingerprint density at radius 2 is 1.92 bits per heavy atom. The van der Waals surface area contributed by atoms with Gasteiger partial charge >= 0.3 is 0 Å². The van der Waals surface area contributed by atoms with Gasteiger partial charge in [0, 0.05) is 16.6 Å². The Bertz CT molecular complexity index is 731. The van der Waals surface area contributed by atoms with E-state index in [1.807, 2.05) is 24.3 Å². The van der Waals surface area contributed by atoms with E-state index in [4.69, 9.17) is 32.7 Å². The lowest BCUT2D eigenvalue weighted by molar-refractivity contribution is -0.0229. The second-order valence-electron chi connectivity index (χ2n) is 5.51. The summed E-state index contributed by atoms with van der Waals surface area (Å²) in [6, 6.07) is 12.5. The third-order valence-corrected chi connectivity index (χ3v) is 4.38. The van der Waals surface area contributed by atoms with Crippen LogP contribution in [0.1, 0.15) is 22.0 Å². The van der Waals surface area contributed by atoms with Crippen LogP contribution in [0.15, 0.2) is 42.5 Å². The Morgan fingerprint density at radius 3 is 2.62 bits per heavy atom. The molecule has 0 aliphatic carbocycles. The van der Waals surface area contributed by atoms with E-state index < -0.39 is 0 Å². The molecular weight excluding hydrogens is 349 g/mol. The predicted octanol–water partition coefficient (Wildman–Crippen LogP) is 4.22. The standard InChI is InChI=1S/C18H17Cl2NO3/c1-23-16-5-3-2-4-15(16)18(22)21-6-7-24-17(11-21)12-8-13(19)10-14(20)9-12/h2-5,8-10,17H,6-7,11H2,1H3. The summed E-state index contributed by atoms with van der Waals surface area (Å²) < 4.78 is 11.1. The fourth-order valence-electron chi connectivity index (χ4n) is 2.79. The van der Waals surface area contributed by atoms with E-state index in [0.29, 0.717) is 41.1 Å². The molecular formula is C18H17Cl2NO3. The third-order valence-electron chi connectivity index (χ3n) is 3.95. The van der Waals surface area contributed by atoms with Crippen LogP contribution in [0.5, 0.6) is 5.75 Å². The Hall–Kier alpha value is -1.75. The Balaban J connectivity index is 1.81. The van der Waals surface area contributed by atoms with E-state index >= 15 is 0 Å². The van der Waals surface area contributed by atoms with Crippen molar-refractivity contribution in [2.75, 3.05) is 26.8 Å². The van der Waals surface area contributed by atoms with E-state index in [0.717, 1.165) is 5.56 Å². The van der Waals surface area contributed by atoms with Crippen molar-refractivity contribution in [2.45, 2.75) is 6.10 Å². The highest BCUT2D eigenvalue weighted by atomic mass is 35.5. The minimum atomic E-state index is -0.256.